The standard InChI is InChI=1S/C17H22N4O4/c1-23-14-5-4-12(8-15(14)24-2)6-7-20-10-18-16-13(17(22)25-3)9-19-21(16)11-20/h4-5,8-9,18H,6-7,10-11H2,1-3H3. The summed E-state index contributed by atoms with van der Waals surface area (Å²) in [4.78, 5) is 13.9. The van der Waals surface area contributed by atoms with Crippen molar-refractivity contribution in [1.29, 1.82) is 0 Å². The first-order valence-corrected chi connectivity index (χ1v) is 7.97. The molecule has 0 spiro atoms. The van der Waals surface area contributed by atoms with Gasteiger partial charge in [-0.05, 0) is 24.1 Å². The summed E-state index contributed by atoms with van der Waals surface area (Å²) in [5.41, 5.74) is 1.63. The molecule has 1 N–H and O–H groups in total. The molecule has 0 fully saturated rings. The number of methoxy groups -OCH3 is 3. The Labute approximate surface area is 146 Å². The van der Waals surface area contributed by atoms with Gasteiger partial charge in [-0.15, -0.1) is 0 Å². The van der Waals surface area contributed by atoms with Crippen LogP contribution >= 0.6 is 0 Å². The van der Waals surface area contributed by atoms with E-state index >= 15 is 0 Å². The molecule has 0 saturated heterocycles. The summed E-state index contributed by atoms with van der Waals surface area (Å²) in [5, 5.41) is 7.49. The van der Waals surface area contributed by atoms with E-state index in [9.17, 15) is 4.79 Å². The molecule has 0 radical (unpaired) electrons. The molecular weight excluding hydrogens is 324 g/mol. The number of anilines is 1. The van der Waals surface area contributed by atoms with Gasteiger partial charge < -0.3 is 19.5 Å². The van der Waals surface area contributed by atoms with Crippen molar-refractivity contribution in [2.75, 3.05) is 39.9 Å². The third-order valence-corrected chi connectivity index (χ3v) is 4.21. The lowest BCUT2D eigenvalue weighted by molar-refractivity contribution is 0.0601. The molecule has 1 aliphatic heterocycles. The third-order valence-electron chi connectivity index (χ3n) is 4.21. The highest BCUT2D eigenvalue weighted by atomic mass is 16.5. The number of hydrogen-bond acceptors (Lipinski definition) is 7. The first-order chi connectivity index (χ1) is 12.2. The molecule has 2 heterocycles. The van der Waals surface area contributed by atoms with Gasteiger partial charge in [0.1, 0.15) is 11.4 Å². The van der Waals surface area contributed by atoms with Crippen molar-refractivity contribution in [1.82, 2.24) is 14.7 Å². The van der Waals surface area contributed by atoms with Crippen LogP contribution < -0.4 is 14.8 Å². The average Bonchev–Trinajstić information content (AvgIpc) is 3.08. The van der Waals surface area contributed by atoms with Gasteiger partial charge in [0.15, 0.2) is 11.5 Å². The van der Waals surface area contributed by atoms with Crippen LogP contribution in [0.4, 0.5) is 5.82 Å². The molecule has 2 aromatic rings. The lowest BCUT2D eigenvalue weighted by atomic mass is 10.1. The Morgan fingerprint density at radius 2 is 2.04 bits per heavy atom. The van der Waals surface area contributed by atoms with Gasteiger partial charge >= 0.3 is 5.97 Å². The smallest absolute Gasteiger partial charge is 0.343 e. The van der Waals surface area contributed by atoms with E-state index < -0.39 is 0 Å². The molecule has 8 nitrogen and oxygen atoms in total. The molecule has 0 saturated carbocycles. The summed E-state index contributed by atoms with van der Waals surface area (Å²) in [6, 6.07) is 5.94. The van der Waals surface area contributed by atoms with Crippen LogP contribution in [0.3, 0.4) is 0 Å². The molecule has 1 aromatic carbocycles. The fourth-order valence-corrected chi connectivity index (χ4v) is 2.84. The van der Waals surface area contributed by atoms with Crippen LogP contribution in [0.1, 0.15) is 15.9 Å². The second-order valence-electron chi connectivity index (χ2n) is 5.71. The highest BCUT2D eigenvalue weighted by Gasteiger charge is 2.23. The molecule has 0 unspecified atom stereocenters. The van der Waals surface area contributed by atoms with E-state index in [1.807, 2.05) is 18.2 Å². The van der Waals surface area contributed by atoms with Crippen LogP contribution in [0.5, 0.6) is 11.5 Å². The van der Waals surface area contributed by atoms with Gasteiger partial charge in [0.25, 0.3) is 0 Å². The zero-order valence-corrected chi connectivity index (χ0v) is 14.6. The van der Waals surface area contributed by atoms with Crippen molar-refractivity contribution in [3.63, 3.8) is 0 Å². The fraction of sp³-hybridized carbons (Fsp3) is 0.412. The van der Waals surface area contributed by atoms with Crippen molar-refractivity contribution in [2.45, 2.75) is 13.1 Å². The van der Waals surface area contributed by atoms with Gasteiger partial charge in [-0.3, -0.25) is 4.90 Å². The number of nitrogens with zero attached hydrogens (tertiary/aromatic N) is 3. The van der Waals surface area contributed by atoms with E-state index in [2.05, 4.69) is 15.3 Å². The van der Waals surface area contributed by atoms with E-state index in [1.54, 1.807) is 18.9 Å². The van der Waals surface area contributed by atoms with Crippen LogP contribution in [0.2, 0.25) is 0 Å². The predicted octanol–water partition coefficient (Wildman–Crippen LogP) is 1.57. The number of esters is 1. The fourth-order valence-electron chi connectivity index (χ4n) is 2.84. The maximum atomic E-state index is 11.7. The van der Waals surface area contributed by atoms with Gasteiger partial charge in [-0.2, -0.15) is 5.10 Å². The monoisotopic (exact) mass is 346 g/mol. The quantitative estimate of drug-likeness (QED) is 0.796. The molecule has 0 amide bonds. The normalized spacial score (nSPS) is 13.7. The van der Waals surface area contributed by atoms with Crippen LogP contribution in [-0.2, 0) is 17.8 Å². The van der Waals surface area contributed by atoms with Crippen LogP contribution in [0.15, 0.2) is 24.4 Å². The lowest BCUT2D eigenvalue weighted by Crippen LogP contribution is -2.39. The molecular formula is C17H22N4O4. The summed E-state index contributed by atoms with van der Waals surface area (Å²) in [7, 11) is 4.63. The number of benzene rings is 1. The van der Waals surface area contributed by atoms with Gasteiger partial charge in [0, 0.05) is 6.54 Å². The molecule has 25 heavy (non-hydrogen) atoms. The summed E-state index contributed by atoms with van der Waals surface area (Å²) < 4.78 is 17.1. The number of hydrogen-bond donors (Lipinski definition) is 1. The molecule has 8 heteroatoms. The van der Waals surface area contributed by atoms with Crippen molar-refractivity contribution in [3.8, 4) is 11.5 Å². The summed E-state index contributed by atoms with van der Waals surface area (Å²) in [6.45, 7) is 2.10. The Hall–Kier alpha value is -2.74. The van der Waals surface area contributed by atoms with E-state index in [0.717, 1.165) is 24.5 Å². The topological polar surface area (TPSA) is 77.9 Å². The van der Waals surface area contributed by atoms with Crippen LogP contribution in [-0.4, -0.2) is 55.2 Å². The summed E-state index contributed by atoms with van der Waals surface area (Å²) >= 11 is 0. The van der Waals surface area contributed by atoms with Crippen LogP contribution in [0, 0.1) is 0 Å². The second kappa shape index (κ2) is 7.43. The third kappa shape index (κ3) is 3.53. The summed E-state index contributed by atoms with van der Waals surface area (Å²) in [5.74, 6) is 1.78. The Morgan fingerprint density at radius 3 is 2.76 bits per heavy atom. The Bertz CT molecular complexity index is 759. The van der Waals surface area contributed by atoms with Crippen molar-refractivity contribution < 1.29 is 19.0 Å². The number of nitrogens with one attached hydrogen (secondary N) is 1. The minimum absolute atomic E-state index is 0.382. The van der Waals surface area contributed by atoms with Crippen molar-refractivity contribution >= 4 is 11.8 Å². The number of fused-ring (bicyclic) bond motifs is 1. The molecule has 0 bridgehead atoms. The van der Waals surface area contributed by atoms with Crippen molar-refractivity contribution in [3.05, 3.63) is 35.5 Å². The maximum absolute atomic E-state index is 11.7. The highest BCUT2D eigenvalue weighted by molar-refractivity contribution is 5.94. The molecule has 0 atom stereocenters. The zero-order chi connectivity index (χ0) is 17.8. The first kappa shape index (κ1) is 17.1. The first-order valence-electron chi connectivity index (χ1n) is 7.97. The number of ether oxygens (including phenoxy) is 3. The zero-order valence-electron chi connectivity index (χ0n) is 14.6. The van der Waals surface area contributed by atoms with Gasteiger partial charge in [0.2, 0.25) is 0 Å². The SMILES string of the molecule is COC(=O)c1cnn2c1NCN(CCc1ccc(OC)c(OC)c1)C2. The molecule has 3 rings (SSSR count). The number of carbonyl (C=O) groups excluding carboxylic acids is 1. The average molecular weight is 346 g/mol. The van der Waals surface area contributed by atoms with Crippen molar-refractivity contribution in [2.24, 2.45) is 0 Å². The van der Waals surface area contributed by atoms with Crippen LogP contribution in [0.25, 0.3) is 0 Å². The molecule has 1 aromatic heterocycles. The van der Waals surface area contributed by atoms with E-state index in [1.165, 1.54) is 18.9 Å². The Balaban J connectivity index is 1.62. The highest BCUT2D eigenvalue weighted by Crippen LogP contribution is 2.28. The maximum Gasteiger partial charge on any atom is 0.343 e. The van der Waals surface area contributed by atoms with Gasteiger partial charge in [-0.1, -0.05) is 6.07 Å². The Kier molecular flexibility index (Phi) is 5.08. The van der Waals surface area contributed by atoms with E-state index in [4.69, 9.17) is 14.2 Å². The van der Waals surface area contributed by atoms with E-state index in [0.29, 0.717) is 24.7 Å². The Morgan fingerprint density at radius 1 is 1.24 bits per heavy atom. The number of rotatable bonds is 6. The second-order valence-corrected chi connectivity index (χ2v) is 5.71. The van der Waals surface area contributed by atoms with Gasteiger partial charge in [-0.25, -0.2) is 9.48 Å². The van der Waals surface area contributed by atoms with Gasteiger partial charge in [0.05, 0.1) is 40.9 Å². The number of aromatic nitrogens is 2. The molecule has 1 aliphatic rings. The minimum atomic E-state index is -0.382. The molecule has 134 valence electrons. The summed E-state index contributed by atoms with van der Waals surface area (Å²) in [6.07, 6.45) is 2.40. The molecule has 0 aliphatic carbocycles. The minimum Gasteiger partial charge on any atom is -0.493 e. The number of carbonyl (C=O) groups is 1. The van der Waals surface area contributed by atoms with E-state index in [-0.39, 0.29) is 5.97 Å². The predicted molar refractivity (Wildman–Crippen MR) is 92.0 cm³/mol. The lowest BCUT2D eigenvalue weighted by Gasteiger charge is -2.29. The largest absolute Gasteiger partial charge is 0.493 e.